The first-order valence-electron chi connectivity index (χ1n) is 10.2. The van der Waals surface area contributed by atoms with Gasteiger partial charge in [-0.05, 0) is 38.2 Å². The highest BCUT2D eigenvalue weighted by atomic mass is 16.5. The maximum absolute atomic E-state index is 5.82. The number of rotatable bonds is 6. The number of nitrogens with one attached hydrogen (secondary N) is 3. The van der Waals surface area contributed by atoms with Gasteiger partial charge in [0.2, 0.25) is 0 Å². The van der Waals surface area contributed by atoms with Gasteiger partial charge in [-0.15, -0.1) is 0 Å². The fourth-order valence-corrected chi connectivity index (χ4v) is 3.83. The van der Waals surface area contributed by atoms with Crippen molar-refractivity contribution in [1.29, 1.82) is 0 Å². The molecule has 1 aromatic carbocycles. The Morgan fingerprint density at radius 3 is 2.79 bits per heavy atom. The highest BCUT2D eigenvalue weighted by Crippen LogP contribution is 2.34. The zero-order valence-electron chi connectivity index (χ0n) is 17.4. The fraction of sp³-hybridized carbons (Fsp3) is 0.455. The molecule has 0 aliphatic carbocycles. The van der Waals surface area contributed by atoms with E-state index in [4.69, 9.17) is 9.73 Å². The number of aliphatic imine (C=N–C) groups is 2. The lowest BCUT2D eigenvalue weighted by molar-refractivity contribution is 0.0304. The van der Waals surface area contributed by atoms with Gasteiger partial charge < -0.3 is 25.6 Å². The van der Waals surface area contributed by atoms with E-state index in [1.165, 1.54) is 5.56 Å². The molecule has 3 aliphatic rings. The molecule has 154 valence electrons. The van der Waals surface area contributed by atoms with Gasteiger partial charge in [-0.3, -0.25) is 9.98 Å². The molecule has 29 heavy (non-hydrogen) atoms. The maximum atomic E-state index is 5.82. The van der Waals surface area contributed by atoms with Crippen molar-refractivity contribution in [1.82, 2.24) is 20.9 Å². The molecule has 0 radical (unpaired) electrons. The monoisotopic (exact) mass is 394 g/mol. The Morgan fingerprint density at radius 2 is 2.07 bits per heavy atom. The Bertz CT molecular complexity index is 849. The molecule has 4 rings (SSSR count). The molecule has 7 heteroatoms. The number of ether oxygens (including phenoxy) is 1. The molecule has 2 atom stereocenters. The molecule has 1 aromatic rings. The molecule has 3 aliphatic heterocycles. The molecular weight excluding hydrogens is 364 g/mol. The van der Waals surface area contributed by atoms with Crippen LogP contribution < -0.4 is 16.0 Å². The summed E-state index contributed by atoms with van der Waals surface area (Å²) in [5.74, 6) is 0.893. The van der Waals surface area contributed by atoms with Crippen molar-refractivity contribution < 1.29 is 4.74 Å². The smallest absolute Gasteiger partial charge is 0.128 e. The van der Waals surface area contributed by atoms with Crippen LogP contribution in [0.2, 0.25) is 0 Å². The molecule has 1 saturated heterocycles. The number of benzene rings is 1. The number of dihydropyridines is 1. The summed E-state index contributed by atoms with van der Waals surface area (Å²) >= 11 is 0. The third-order valence-corrected chi connectivity index (χ3v) is 5.29. The summed E-state index contributed by atoms with van der Waals surface area (Å²) in [6.07, 6.45) is 5.81. The third-order valence-electron chi connectivity index (χ3n) is 5.29. The second kappa shape index (κ2) is 8.49. The summed E-state index contributed by atoms with van der Waals surface area (Å²) in [6.45, 7) is 6.24. The number of fused-ring (bicyclic) bond motifs is 1. The predicted octanol–water partition coefficient (Wildman–Crippen LogP) is 1.35. The largest absolute Gasteiger partial charge is 0.374 e. The average molecular weight is 395 g/mol. The zero-order chi connectivity index (χ0) is 20.3. The lowest BCUT2D eigenvalue weighted by atomic mass is 9.91. The molecule has 0 bridgehead atoms. The molecule has 0 amide bonds. The molecule has 7 nitrogen and oxygen atoms in total. The second-order valence-electron chi connectivity index (χ2n) is 8.12. The Labute approximate surface area is 172 Å². The van der Waals surface area contributed by atoms with Crippen molar-refractivity contribution in [2.24, 2.45) is 9.98 Å². The van der Waals surface area contributed by atoms with Crippen molar-refractivity contribution in [2.75, 3.05) is 40.3 Å². The van der Waals surface area contributed by atoms with Gasteiger partial charge in [-0.25, -0.2) is 0 Å². The minimum absolute atomic E-state index is 0.139. The minimum atomic E-state index is -0.494. The minimum Gasteiger partial charge on any atom is -0.374 e. The lowest BCUT2D eigenvalue weighted by Crippen LogP contribution is -2.46. The number of morpholine rings is 1. The van der Waals surface area contributed by atoms with Crippen LogP contribution in [0.25, 0.3) is 5.70 Å². The SMILES string of the molecule is CN(C)Cc1ccc(C2=CC3(C)N=CC=NC3=C(NC[C@@H]3CNCCO3)N2)cc1. The van der Waals surface area contributed by atoms with E-state index in [0.29, 0.717) is 6.54 Å². The Morgan fingerprint density at radius 1 is 1.24 bits per heavy atom. The number of nitrogens with zero attached hydrogens (tertiary/aromatic N) is 3. The van der Waals surface area contributed by atoms with Gasteiger partial charge in [0.1, 0.15) is 17.1 Å². The maximum Gasteiger partial charge on any atom is 0.128 e. The normalized spacial score (nSPS) is 26.2. The molecule has 0 aromatic heterocycles. The molecule has 0 saturated carbocycles. The van der Waals surface area contributed by atoms with Crippen LogP contribution in [-0.2, 0) is 11.3 Å². The molecule has 3 N–H and O–H groups in total. The van der Waals surface area contributed by atoms with Gasteiger partial charge in [0.25, 0.3) is 0 Å². The van der Waals surface area contributed by atoms with E-state index < -0.39 is 5.54 Å². The van der Waals surface area contributed by atoms with Crippen LogP contribution in [0.15, 0.2) is 51.8 Å². The van der Waals surface area contributed by atoms with Crippen LogP contribution >= 0.6 is 0 Å². The molecular formula is C22H30N6O. The second-order valence-corrected chi connectivity index (χ2v) is 8.12. The van der Waals surface area contributed by atoms with Crippen molar-refractivity contribution >= 4 is 18.1 Å². The van der Waals surface area contributed by atoms with Crippen LogP contribution in [0, 0.1) is 0 Å². The zero-order valence-corrected chi connectivity index (χ0v) is 17.4. The van der Waals surface area contributed by atoms with Gasteiger partial charge in [-0.2, -0.15) is 0 Å². The van der Waals surface area contributed by atoms with E-state index >= 15 is 0 Å². The first-order valence-corrected chi connectivity index (χ1v) is 10.2. The van der Waals surface area contributed by atoms with E-state index in [2.05, 4.69) is 77.2 Å². The third kappa shape index (κ3) is 4.58. The summed E-state index contributed by atoms with van der Waals surface area (Å²) in [7, 11) is 4.16. The number of hydrogen-bond acceptors (Lipinski definition) is 7. The number of hydrogen-bond donors (Lipinski definition) is 3. The first-order chi connectivity index (χ1) is 14.0. The van der Waals surface area contributed by atoms with Crippen LogP contribution in [0.5, 0.6) is 0 Å². The van der Waals surface area contributed by atoms with Crippen LogP contribution in [0.1, 0.15) is 18.1 Å². The molecule has 0 spiro atoms. The topological polar surface area (TPSA) is 73.3 Å². The quantitative estimate of drug-likeness (QED) is 0.679. The van der Waals surface area contributed by atoms with Gasteiger partial charge in [-0.1, -0.05) is 24.3 Å². The Balaban J connectivity index is 1.55. The van der Waals surface area contributed by atoms with Crippen LogP contribution in [-0.4, -0.2) is 69.3 Å². The van der Waals surface area contributed by atoms with Crippen molar-refractivity contribution in [3.63, 3.8) is 0 Å². The van der Waals surface area contributed by atoms with E-state index in [-0.39, 0.29) is 6.10 Å². The summed E-state index contributed by atoms with van der Waals surface area (Å²) in [5.41, 5.74) is 3.86. The van der Waals surface area contributed by atoms with E-state index in [9.17, 15) is 0 Å². The summed E-state index contributed by atoms with van der Waals surface area (Å²) in [4.78, 5) is 11.5. The molecule has 1 unspecified atom stereocenters. The summed E-state index contributed by atoms with van der Waals surface area (Å²) < 4.78 is 5.82. The average Bonchev–Trinajstić information content (AvgIpc) is 2.72. The highest BCUT2D eigenvalue weighted by molar-refractivity contribution is 6.17. The van der Waals surface area contributed by atoms with Crippen molar-refractivity contribution in [3.05, 3.63) is 53.0 Å². The Hall–Kier alpha value is -2.48. The Kier molecular flexibility index (Phi) is 5.80. The van der Waals surface area contributed by atoms with E-state index in [1.54, 1.807) is 12.4 Å². The van der Waals surface area contributed by atoms with Gasteiger partial charge in [0, 0.05) is 44.3 Å². The van der Waals surface area contributed by atoms with Gasteiger partial charge in [0.15, 0.2) is 0 Å². The van der Waals surface area contributed by atoms with Crippen molar-refractivity contribution in [2.45, 2.75) is 25.1 Å². The van der Waals surface area contributed by atoms with Crippen molar-refractivity contribution in [3.8, 4) is 0 Å². The molecule has 1 fully saturated rings. The fourth-order valence-electron chi connectivity index (χ4n) is 3.83. The van der Waals surface area contributed by atoms with Gasteiger partial charge >= 0.3 is 0 Å². The standard InChI is InChI=1S/C22H30N6O/c1-22-12-19(17-6-4-16(5-7-17)15-28(2)3)27-21(20(22)24-8-9-26-22)25-14-18-13-23-10-11-29-18/h4-9,12,18,23,25,27H,10-11,13-15H2,1-3H3/t18-,22?/m0/s1. The van der Waals surface area contributed by atoms with E-state index in [1.807, 2.05) is 0 Å². The van der Waals surface area contributed by atoms with Crippen LogP contribution in [0.4, 0.5) is 0 Å². The van der Waals surface area contributed by atoms with E-state index in [0.717, 1.165) is 49.0 Å². The highest BCUT2D eigenvalue weighted by Gasteiger charge is 2.35. The van der Waals surface area contributed by atoms with Gasteiger partial charge in [0.05, 0.1) is 12.7 Å². The van der Waals surface area contributed by atoms with Crippen LogP contribution in [0.3, 0.4) is 0 Å². The summed E-state index contributed by atoms with van der Waals surface area (Å²) in [5, 5.41) is 10.4. The predicted molar refractivity (Wildman–Crippen MR) is 118 cm³/mol. The first kappa shape index (κ1) is 19.8. The summed E-state index contributed by atoms with van der Waals surface area (Å²) in [6, 6.07) is 8.67. The molecule has 3 heterocycles. The lowest BCUT2D eigenvalue weighted by Gasteiger charge is -2.34.